The molecule has 21 heavy (non-hydrogen) atoms. The van der Waals surface area contributed by atoms with Crippen molar-refractivity contribution in [3.8, 4) is 0 Å². The fourth-order valence-corrected chi connectivity index (χ4v) is 3.39. The third-order valence-electron chi connectivity index (χ3n) is 4.00. The van der Waals surface area contributed by atoms with Crippen LogP contribution in [0.2, 0.25) is 0 Å². The summed E-state index contributed by atoms with van der Waals surface area (Å²) >= 11 is 3.51. The summed E-state index contributed by atoms with van der Waals surface area (Å²) in [5, 5.41) is 0. The number of nitrogens with two attached hydrogens (primary N) is 1. The van der Waals surface area contributed by atoms with Crippen molar-refractivity contribution in [2.45, 2.75) is 18.4 Å². The van der Waals surface area contributed by atoms with Gasteiger partial charge in [0.15, 0.2) is 0 Å². The second-order valence-corrected chi connectivity index (χ2v) is 6.54. The lowest BCUT2D eigenvalue weighted by molar-refractivity contribution is 0.453. The maximum absolute atomic E-state index is 13.1. The normalized spacial score (nSPS) is 22.3. The van der Waals surface area contributed by atoms with Crippen LogP contribution in [0, 0.1) is 5.82 Å². The standard InChI is InChI=1S/C17H18BrFN2/c18-14-2-1-3-17(9-14)21-10-13(8-16(20)11-21)12-4-6-15(19)7-5-12/h1-7,9,13,16H,8,10-11,20H2. The van der Waals surface area contributed by atoms with Gasteiger partial charge in [0.05, 0.1) is 0 Å². The molecule has 0 aromatic heterocycles. The molecule has 0 spiro atoms. The molecule has 0 aliphatic carbocycles. The van der Waals surface area contributed by atoms with E-state index in [1.165, 1.54) is 17.8 Å². The zero-order valence-electron chi connectivity index (χ0n) is 11.7. The van der Waals surface area contributed by atoms with Crippen LogP contribution in [-0.4, -0.2) is 19.1 Å². The van der Waals surface area contributed by atoms with E-state index in [0.717, 1.165) is 29.5 Å². The van der Waals surface area contributed by atoms with Gasteiger partial charge in [-0.2, -0.15) is 0 Å². The highest BCUT2D eigenvalue weighted by Crippen LogP contribution is 2.30. The fourth-order valence-electron chi connectivity index (χ4n) is 3.00. The molecule has 110 valence electrons. The first-order chi connectivity index (χ1) is 10.1. The van der Waals surface area contributed by atoms with Crippen molar-refractivity contribution >= 4 is 21.6 Å². The van der Waals surface area contributed by atoms with Crippen LogP contribution in [0.5, 0.6) is 0 Å². The molecular weight excluding hydrogens is 331 g/mol. The van der Waals surface area contributed by atoms with Crippen molar-refractivity contribution in [1.29, 1.82) is 0 Å². The van der Waals surface area contributed by atoms with Gasteiger partial charge in [-0.25, -0.2) is 4.39 Å². The highest BCUT2D eigenvalue weighted by molar-refractivity contribution is 9.10. The second kappa shape index (κ2) is 6.16. The molecule has 2 atom stereocenters. The quantitative estimate of drug-likeness (QED) is 0.891. The first kappa shape index (κ1) is 14.5. The van der Waals surface area contributed by atoms with Gasteiger partial charge in [-0.1, -0.05) is 34.1 Å². The van der Waals surface area contributed by atoms with E-state index in [2.05, 4.69) is 33.0 Å². The summed E-state index contributed by atoms with van der Waals surface area (Å²) < 4.78 is 14.1. The molecule has 0 bridgehead atoms. The Hall–Kier alpha value is -1.39. The van der Waals surface area contributed by atoms with Gasteiger partial charge < -0.3 is 10.6 Å². The van der Waals surface area contributed by atoms with Crippen molar-refractivity contribution in [3.63, 3.8) is 0 Å². The van der Waals surface area contributed by atoms with Gasteiger partial charge in [0.1, 0.15) is 5.82 Å². The maximum atomic E-state index is 13.1. The molecule has 0 radical (unpaired) electrons. The van der Waals surface area contributed by atoms with E-state index in [-0.39, 0.29) is 11.9 Å². The lowest BCUT2D eigenvalue weighted by Crippen LogP contribution is -2.46. The molecule has 0 amide bonds. The van der Waals surface area contributed by atoms with Gasteiger partial charge in [-0.15, -0.1) is 0 Å². The van der Waals surface area contributed by atoms with E-state index in [9.17, 15) is 4.39 Å². The highest BCUT2D eigenvalue weighted by Gasteiger charge is 2.26. The summed E-state index contributed by atoms with van der Waals surface area (Å²) in [6.45, 7) is 1.77. The molecular formula is C17H18BrFN2. The maximum Gasteiger partial charge on any atom is 0.123 e. The summed E-state index contributed by atoms with van der Waals surface area (Å²) in [5.41, 5.74) is 8.56. The number of nitrogens with zero attached hydrogens (tertiary/aromatic N) is 1. The van der Waals surface area contributed by atoms with Gasteiger partial charge in [-0.3, -0.25) is 0 Å². The Morgan fingerprint density at radius 2 is 1.86 bits per heavy atom. The molecule has 4 heteroatoms. The Morgan fingerprint density at radius 1 is 1.10 bits per heavy atom. The number of piperidine rings is 1. The minimum Gasteiger partial charge on any atom is -0.369 e. The minimum absolute atomic E-state index is 0.132. The van der Waals surface area contributed by atoms with Crippen molar-refractivity contribution in [2.24, 2.45) is 5.73 Å². The van der Waals surface area contributed by atoms with Crippen LogP contribution in [0.4, 0.5) is 10.1 Å². The number of hydrogen-bond donors (Lipinski definition) is 1. The van der Waals surface area contributed by atoms with Gasteiger partial charge in [-0.05, 0) is 42.3 Å². The summed E-state index contributed by atoms with van der Waals surface area (Å²) in [4.78, 5) is 2.31. The molecule has 2 unspecified atom stereocenters. The number of benzene rings is 2. The minimum atomic E-state index is -0.192. The zero-order valence-corrected chi connectivity index (χ0v) is 13.3. The topological polar surface area (TPSA) is 29.3 Å². The second-order valence-electron chi connectivity index (χ2n) is 5.63. The number of rotatable bonds is 2. The molecule has 1 saturated heterocycles. The first-order valence-corrected chi connectivity index (χ1v) is 7.92. The summed E-state index contributed by atoms with van der Waals surface area (Å²) in [7, 11) is 0. The van der Waals surface area contributed by atoms with E-state index < -0.39 is 0 Å². The van der Waals surface area contributed by atoms with Gasteiger partial charge >= 0.3 is 0 Å². The zero-order chi connectivity index (χ0) is 14.8. The predicted octanol–water partition coefficient (Wildman–Crippen LogP) is 3.91. The van der Waals surface area contributed by atoms with E-state index in [4.69, 9.17) is 5.73 Å². The largest absolute Gasteiger partial charge is 0.369 e. The Labute approximate surface area is 132 Å². The Kier molecular flexibility index (Phi) is 4.27. The lowest BCUT2D eigenvalue weighted by atomic mass is 9.88. The lowest BCUT2D eigenvalue weighted by Gasteiger charge is -2.38. The third-order valence-corrected chi connectivity index (χ3v) is 4.49. The molecule has 1 aliphatic heterocycles. The molecule has 2 aromatic carbocycles. The molecule has 2 aromatic rings. The van der Waals surface area contributed by atoms with E-state index in [1.807, 2.05) is 24.3 Å². The van der Waals surface area contributed by atoms with E-state index >= 15 is 0 Å². The SMILES string of the molecule is NC1CC(c2ccc(F)cc2)CN(c2cccc(Br)c2)C1. The molecule has 1 heterocycles. The van der Waals surface area contributed by atoms with Crippen LogP contribution in [0.15, 0.2) is 53.0 Å². The van der Waals surface area contributed by atoms with Crippen LogP contribution in [0.25, 0.3) is 0 Å². The van der Waals surface area contributed by atoms with Crippen LogP contribution < -0.4 is 10.6 Å². The van der Waals surface area contributed by atoms with Crippen molar-refractivity contribution in [3.05, 3.63) is 64.4 Å². The van der Waals surface area contributed by atoms with E-state index in [1.54, 1.807) is 0 Å². The Bertz CT molecular complexity index is 614. The van der Waals surface area contributed by atoms with Crippen molar-refractivity contribution in [1.82, 2.24) is 0 Å². The Balaban J connectivity index is 1.83. The van der Waals surface area contributed by atoms with Gasteiger partial charge in [0.25, 0.3) is 0 Å². The molecule has 3 rings (SSSR count). The van der Waals surface area contributed by atoms with Gasteiger partial charge in [0.2, 0.25) is 0 Å². The van der Waals surface area contributed by atoms with Crippen LogP contribution in [0.1, 0.15) is 17.9 Å². The van der Waals surface area contributed by atoms with Crippen LogP contribution in [0.3, 0.4) is 0 Å². The third kappa shape index (κ3) is 3.44. The van der Waals surface area contributed by atoms with Gasteiger partial charge in [0, 0.05) is 35.2 Å². The fraction of sp³-hybridized carbons (Fsp3) is 0.294. The molecule has 1 aliphatic rings. The number of anilines is 1. The van der Waals surface area contributed by atoms with Crippen molar-refractivity contribution in [2.75, 3.05) is 18.0 Å². The summed E-state index contributed by atoms with van der Waals surface area (Å²) in [5.74, 6) is 0.149. The molecule has 1 fully saturated rings. The first-order valence-electron chi connectivity index (χ1n) is 7.13. The van der Waals surface area contributed by atoms with Crippen LogP contribution >= 0.6 is 15.9 Å². The van der Waals surface area contributed by atoms with E-state index in [0.29, 0.717) is 5.92 Å². The van der Waals surface area contributed by atoms with Crippen molar-refractivity contribution < 1.29 is 4.39 Å². The Morgan fingerprint density at radius 3 is 2.57 bits per heavy atom. The summed E-state index contributed by atoms with van der Waals surface area (Å²) in [6, 6.07) is 15.2. The molecule has 2 nitrogen and oxygen atoms in total. The smallest absolute Gasteiger partial charge is 0.123 e. The molecule has 2 N–H and O–H groups in total. The van der Waals surface area contributed by atoms with Crippen LogP contribution in [-0.2, 0) is 0 Å². The summed E-state index contributed by atoms with van der Waals surface area (Å²) in [6.07, 6.45) is 0.941. The monoisotopic (exact) mass is 348 g/mol. The average molecular weight is 349 g/mol. The highest BCUT2D eigenvalue weighted by atomic mass is 79.9. The number of hydrogen-bond acceptors (Lipinski definition) is 2. The number of halogens is 2. The predicted molar refractivity (Wildman–Crippen MR) is 88.1 cm³/mol. The average Bonchev–Trinajstić information content (AvgIpc) is 2.47. The molecule has 0 saturated carbocycles.